The van der Waals surface area contributed by atoms with Crippen molar-refractivity contribution in [2.24, 2.45) is 0 Å². The largest absolute Gasteiger partial charge is 0.329 e. The molecule has 0 fully saturated rings. The number of fused-ring (bicyclic) bond motifs is 1. The molecule has 0 aliphatic carbocycles. The molecule has 1 aromatic carbocycles. The van der Waals surface area contributed by atoms with E-state index in [0.717, 1.165) is 52.8 Å². The number of aryl methyl sites for hydroxylation is 1. The Labute approximate surface area is 140 Å². The normalized spacial score (nSPS) is 10.8. The third-order valence-corrected chi connectivity index (χ3v) is 4.04. The molecule has 0 radical (unpaired) electrons. The lowest BCUT2D eigenvalue weighted by molar-refractivity contribution is -0.890. The van der Waals surface area contributed by atoms with E-state index < -0.39 is 0 Å². The van der Waals surface area contributed by atoms with Gasteiger partial charge in [-0.1, -0.05) is 13.3 Å². The number of pyridine rings is 1. The summed E-state index contributed by atoms with van der Waals surface area (Å²) in [6.07, 6.45) is 5.75. The Bertz CT molecular complexity index is 857. The molecule has 6 nitrogen and oxygen atoms in total. The second kappa shape index (κ2) is 7.12. The lowest BCUT2D eigenvalue weighted by Gasteiger charge is -2.03. The second-order valence-corrected chi connectivity index (χ2v) is 5.61. The highest BCUT2D eigenvalue weighted by molar-refractivity contribution is 5.95. The molecule has 124 valence electrons. The van der Waals surface area contributed by atoms with Crippen LogP contribution in [0.5, 0.6) is 0 Å². The zero-order valence-electron chi connectivity index (χ0n) is 13.9. The molecule has 0 aliphatic heterocycles. The van der Waals surface area contributed by atoms with Gasteiger partial charge in [-0.15, -0.1) is 0 Å². The summed E-state index contributed by atoms with van der Waals surface area (Å²) < 4.78 is 1.79. The average molecular weight is 325 g/mol. The van der Waals surface area contributed by atoms with E-state index in [1.807, 2.05) is 30.5 Å². The Hall–Kier alpha value is -2.89. The molecular weight excluding hydrogens is 304 g/mol. The molecule has 24 heavy (non-hydrogen) atoms. The monoisotopic (exact) mass is 325 g/mol. The second-order valence-electron chi connectivity index (χ2n) is 5.61. The summed E-state index contributed by atoms with van der Waals surface area (Å²) in [4.78, 5) is 16.1. The van der Waals surface area contributed by atoms with Gasteiger partial charge in [0.1, 0.15) is 12.8 Å². The van der Waals surface area contributed by atoms with E-state index in [4.69, 9.17) is 4.84 Å². The van der Waals surface area contributed by atoms with Gasteiger partial charge < -0.3 is 5.32 Å². The Balaban J connectivity index is 2.06. The zero-order chi connectivity index (χ0) is 16.9. The van der Waals surface area contributed by atoms with Crippen molar-refractivity contribution in [3.63, 3.8) is 0 Å². The standard InChI is InChI=1S/C18H20N4O2/c1-3-4-5-15-10-13(8-9-22(15)24-2)18-16-11-14(19-12-23)6-7-17(16)20-21-18/h6-12H,3-5H2,1-2H3,(H,19,21,23)/p+1. The number of nitrogens with zero attached hydrogens (tertiary/aromatic N) is 2. The van der Waals surface area contributed by atoms with Gasteiger partial charge in [0.25, 0.3) is 0 Å². The summed E-state index contributed by atoms with van der Waals surface area (Å²) in [7, 11) is 1.66. The van der Waals surface area contributed by atoms with Gasteiger partial charge in [0, 0.05) is 39.9 Å². The van der Waals surface area contributed by atoms with Gasteiger partial charge in [-0.05, 0) is 24.6 Å². The predicted octanol–water partition coefficient (Wildman–Crippen LogP) is 2.49. The van der Waals surface area contributed by atoms with Gasteiger partial charge in [-0.2, -0.15) is 5.10 Å². The van der Waals surface area contributed by atoms with Gasteiger partial charge in [0.05, 0.1) is 5.52 Å². The molecule has 0 bridgehead atoms. The third kappa shape index (κ3) is 3.08. The van der Waals surface area contributed by atoms with Crippen molar-refractivity contribution in [2.45, 2.75) is 26.2 Å². The van der Waals surface area contributed by atoms with Crippen LogP contribution in [0.4, 0.5) is 5.69 Å². The van der Waals surface area contributed by atoms with Gasteiger partial charge in [0.2, 0.25) is 18.3 Å². The molecule has 0 saturated carbocycles. The van der Waals surface area contributed by atoms with Crippen molar-refractivity contribution in [1.29, 1.82) is 0 Å². The number of nitrogens with one attached hydrogen (secondary N) is 2. The molecule has 0 saturated heterocycles. The van der Waals surface area contributed by atoms with Crippen molar-refractivity contribution >= 4 is 23.0 Å². The molecule has 1 amide bonds. The maximum absolute atomic E-state index is 10.7. The number of carbonyl (C=O) groups is 1. The fourth-order valence-corrected chi connectivity index (χ4v) is 2.79. The Morgan fingerprint density at radius 1 is 1.33 bits per heavy atom. The van der Waals surface area contributed by atoms with Crippen molar-refractivity contribution in [2.75, 3.05) is 12.4 Å². The topological polar surface area (TPSA) is 70.9 Å². The van der Waals surface area contributed by atoms with Crippen LogP contribution in [0.2, 0.25) is 0 Å². The maximum Gasteiger partial charge on any atom is 0.234 e. The molecule has 2 aromatic heterocycles. The fourth-order valence-electron chi connectivity index (χ4n) is 2.79. The van der Waals surface area contributed by atoms with Crippen LogP contribution >= 0.6 is 0 Å². The molecule has 6 heteroatoms. The van der Waals surface area contributed by atoms with Crippen LogP contribution < -0.4 is 14.9 Å². The molecule has 0 spiro atoms. The van der Waals surface area contributed by atoms with E-state index in [2.05, 4.69) is 28.5 Å². The Morgan fingerprint density at radius 2 is 2.21 bits per heavy atom. The van der Waals surface area contributed by atoms with Crippen LogP contribution in [-0.4, -0.2) is 23.7 Å². The van der Waals surface area contributed by atoms with Crippen molar-refractivity contribution in [3.05, 3.63) is 42.2 Å². The number of H-pyrrole nitrogens is 1. The minimum atomic E-state index is 0.674. The van der Waals surface area contributed by atoms with Crippen LogP contribution in [0.15, 0.2) is 36.5 Å². The van der Waals surface area contributed by atoms with Crippen LogP contribution in [0, 0.1) is 0 Å². The molecular formula is C18H21N4O2+. The summed E-state index contributed by atoms with van der Waals surface area (Å²) >= 11 is 0. The Morgan fingerprint density at radius 3 is 2.96 bits per heavy atom. The summed E-state index contributed by atoms with van der Waals surface area (Å²) in [5.41, 5.74) is 4.66. The summed E-state index contributed by atoms with van der Waals surface area (Å²) in [6, 6.07) is 9.76. The van der Waals surface area contributed by atoms with E-state index >= 15 is 0 Å². The van der Waals surface area contributed by atoms with E-state index in [9.17, 15) is 4.79 Å². The number of unbranched alkanes of at least 4 members (excludes halogenated alkanes) is 1. The first-order chi connectivity index (χ1) is 11.8. The molecule has 0 atom stereocenters. The number of hydrogen-bond donors (Lipinski definition) is 2. The molecule has 0 unspecified atom stereocenters. The van der Waals surface area contributed by atoms with Gasteiger partial charge in [-0.25, -0.2) is 0 Å². The molecule has 3 rings (SSSR count). The van der Waals surface area contributed by atoms with E-state index in [0.29, 0.717) is 6.41 Å². The minimum absolute atomic E-state index is 0.674. The third-order valence-electron chi connectivity index (χ3n) is 4.04. The Kier molecular flexibility index (Phi) is 4.74. The van der Waals surface area contributed by atoms with Crippen LogP contribution in [0.1, 0.15) is 25.5 Å². The maximum atomic E-state index is 10.7. The number of aromatic nitrogens is 3. The quantitative estimate of drug-likeness (QED) is 0.518. The van der Waals surface area contributed by atoms with Crippen LogP contribution in [0.3, 0.4) is 0 Å². The summed E-state index contributed by atoms with van der Waals surface area (Å²) in [6.45, 7) is 2.17. The number of aromatic amines is 1. The first-order valence-electron chi connectivity index (χ1n) is 8.04. The average Bonchev–Trinajstić information content (AvgIpc) is 3.03. The van der Waals surface area contributed by atoms with E-state index in [1.54, 1.807) is 11.8 Å². The van der Waals surface area contributed by atoms with Crippen LogP contribution in [0.25, 0.3) is 22.2 Å². The molecule has 2 N–H and O–H groups in total. The highest BCUT2D eigenvalue weighted by Crippen LogP contribution is 2.28. The highest BCUT2D eigenvalue weighted by atomic mass is 16.6. The number of anilines is 1. The lowest BCUT2D eigenvalue weighted by Crippen LogP contribution is -2.44. The van der Waals surface area contributed by atoms with E-state index in [1.165, 1.54) is 0 Å². The smallest absolute Gasteiger partial charge is 0.234 e. The zero-order valence-corrected chi connectivity index (χ0v) is 13.9. The lowest BCUT2D eigenvalue weighted by atomic mass is 10.1. The summed E-state index contributed by atoms with van der Waals surface area (Å²) in [5.74, 6) is 0. The van der Waals surface area contributed by atoms with Gasteiger partial charge >= 0.3 is 0 Å². The van der Waals surface area contributed by atoms with E-state index in [-0.39, 0.29) is 0 Å². The number of amides is 1. The molecule has 0 aliphatic rings. The molecule has 3 aromatic rings. The van der Waals surface area contributed by atoms with Gasteiger partial charge in [-0.3, -0.25) is 14.7 Å². The predicted molar refractivity (Wildman–Crippen MR) is 92.5 cm³/mol. The SMILES string of the molecule is CCCCc1cc(-c2n[nH]c3ccc(NC=O)cc23)cc[n+]1OC. The van der Waals surface area contributed by atoms with Crippen molar-refractivity contribution in [3.8, 4) is 11.3 Å². The number of rotatable bonds is 7. The van der Waals surface area contributed by atoms with Crippen LogP contribution in [-0.2, 0) is 11.2 Å². The van der Waals surface area contributed by atoms with Crippen molar-refractivity contribution < 1.29 is 14.4 Å². The van der Waals surface area contributed by atoms with Crippen molar-refractivity contribution in [1.82, 2.24) is 10.2 Å². The number of benzene rings is 1. The molecule has 2 heterocycles. The minimum Gasteiger partial charge on any atom is -0.329 e. The summed E-state index contributed by atoms with van der Waals surface area (Å²) in [5, 5.41) is 11.1. The van der Waals surface area contributed by atoms with Gasteiger partial charge in [0.15, 0.2) is 0 Å². The first kappa shape index (κ1) is 16.0. The number of carbonyl (C=O) groups excluding carboxylic acids is 1. The highest BCUT2D eigenvalue weighted by Gasteiger charge is 2.16. The number of hydrogen-bond acceptors (Lipinski definition) is 3. The fraction of sp³-hybridized carbons (Fsp3) is 0.278. The first-order valence-corrected chi connectivity index (χ1v) is 8.04.